The van der Waals surface area contributed by atoms with Crippen molar-refractivity contribution in [1.29, 1.82) is 0 Å². The molecule has 1 aromatic rings. The van der Waals surface area contributed by atoms with E-state index < -0.39 is 5.60 Å². The van der Waals surface area contributed by atoms with Crippen LogP contribution in [-0.4, -0.2) is 16.6 Å². The molecule has 3 heteroatoms. The highest BCUT2D eigenvalue weighted by Gasteiger charge is 2.17. The van der Waals surface area contributed by atoms with E-state index in [4.69, 9.17) is 4.74 Å². The Kier molecular flexibility index (Phi) is 2.66. The molecule has 13 heavy (non-hydrogen) atoms. The molecule has 3 nitrogen and oxygen atoms in total. The second-order valence-corrected chi connectivity index (χ2v) is 3.74. The fourth-order valence-electron chi connectivity index (χ4n) is 0.821. The van der Waals surface area contributed by atoms with E-state index in [1.165, 1.54) is 6.20 Å². The number of rotatable bonds is 1. The number of aromatic nitrogens is 1. The molecule has 0 fully saturated rings. The van der Waals surface area contributed by atoms with Gasteiger partial charge < -0.3 is 4.74 Å². The standard InChI is InChI=1S/C10H13NO2/c1-10(2,3)13-9(12)8-5-4-6-11-7-8/h4-7H,1-3H3. The van der Waals surface area contributed by atoms with Gasteiger partial charge in [-0.05, 0) is 32.9 Å². The van der Waals surface area contributed by atoms with Gasteiger partial charge in [0.25, 0.3) is 0 Å². The SMILES string of the molecule is CC(C)(C)OC(=O)c1cccnc1. The Morgan fingerprint density at radius 3 is 2.62 bits per heavy atom. The predicted octanol–water partition coefficient (Wildman–Crippen LogP) is 2.04. The van der Waals surface area contributed by atoms with Crippen molar-refractivity contribution in [3.05, 3.63) is 30.1 Å². The van der Waals surface area contributed by atoms with Crippen LogP contribution < -0.4 is 0 Å². The number of hydrogen-bond acceptors (Lipinski definition) is 3. The summed E-state index contributed by atoms with van der Waals surface area (Å²) in [5, 5.41) is 0. The molecule has 1 aromatic heterocycles. The van der Waals surface area contributed by atoms with Crippen LogP contribution in [0.15, 0.2) is 24.5 Å². The fourth-order valence-corrected chi connectivity index (χ4v) is 0.821. The third-order valence-electron chi connectivity index (χ3n) is 1.30. The van der Waals surface area contributed by atoms with Crippen molar-refractivity contribution in [3.63, 3.8) is 0 Å². The minimum Gasteiger partial charge on any atom is -0.456 e. The Labute approximate surface area is 77.8 Å². The van der Waals surface area contributed by atoms with Crippen LogP contribution in [0.1, 0.15) is 31.1 Å². The molecule has 0 radical (unpaired) electrons. The lowest BCUT2D eigenvalue weighted by Crippen LogP contribution is -2.23. The van der Waals surface area contributed by atoms with E-state index in [9.17, 15) is 4.79 Å². The lowest BCUT2D eigenvalue weighted by Gasteiger charge is -2.19. The molecule has 0 atom stereocenters. The maximum absolute atomic E-state index is 11.4. The lowest BCUT2D eigenvalue weighted by atomic mass is 10.2. The molecule has 0 saturated heterocycles. The van der Waals surface area contributed by atoms with Crippen molar-refractivity contribution >= 4 is 5.97 Å². The van der Waals surface area contributed by atoms with E-state index in [-0.39, 0.29) is 5.97 Å². The summed E-state index contributed by atoms with van der Waals surface area (Å²) in [7, 11) is 0. The zero-order valence-electron chi connectivity index (χ0n) is 8.07. The maximum atomic E-state index is 11.4. The molecule has 0 spiro atoms. The van der Waals surface area contributed by atoms with Gasteiger partial charge >= 0.3 is 5.97 Å². The molecule has 0 aromatic carbocycles. The molecule has 0 unspecified atom stereocenters. The number of carbonyl (C=O) groups excluding carboxylic acids is 1. The van der Waals surface area contributed by atoms with E-state index >= 15 is 0 Å². The molecule has 0 saturated carbocycles. The van der Waals surface area contributed by atoms with Gasteiger partial charge in [0.15, 0.2) is 0 Å². The van der Waals surface area contributed by atoms with Gasteiger partial charge in [0.05, 0.1) is 5.56 Å². The first-order valence-electron chi connectivity index (χ1n) is 4.12. The van der Waals surface area contributed by atoms with Gasteiger partial charge in [0.1, 0.15) is 5.60 Å². The monoisotopic (exact) mass is 179 g/mol. The zero-order valence-corrected chi connectivity index (χ0v) is 8.07. The highest BCUT2D eigenvalue weighted by Crippen LogP contribution is 2.10. The van der Waals surface area contributed by atoms with Gasteiger partial charge in [0.2, 0.25) is 0 Å². The van der Waals surface area contributed by atoms with Crippen LogP contribution in [0.4, 0.5) is 0 Å². The molecule has 1 rings (SSSR count). The van der Waals surface area contributed by atoms with Crippen LogP contribution in [0, 0.1) is 0 Å². The number of pyridine rings is 1. The van der Waals surface area contributed by atoms with E-state index in [1.807, 2.05) is 20.8 Å². The zero-order chi connectivity index (χ0) is 9.90. The first-order valence-corrected chi connectivity index (χ1v) is 4.12. The molecule has 1 heterocycles. The Bertz CT molecular complexity index is 288. The Morgan fingerprint density at radius 1 is 1.46 bits per heavy atom. The Hall–Kier alpha value is -1.38. The Balaban J connectivity index is 2.71. The van der Waals surface area contributed by atoms with Crippen LogP contribution in [-0.2, 0) is 4.74 Å². The first kappa shape index (κ1) is 9.71. The van der Waals surface area contributed by atoms with Crippen molar-refractivity contribution in [1.82, 2.24) is 4.98 Å². The van der Waals surface area contributed by atoms with Gasteiger partial charge in [-0.2, -0.15) is 0 Å². The highest BCUT2D eigenvalue weighted by molar-refractivity contribution is 5.89. The second-order valence-electron chi connectivity index (χ2n) is 3.74. The van der Waals surface area contributed by atoms with Gasteiger partial charge in [0, 0.05) is 12.4 Å². The fraction of sp³-hybridized carbons (Fsp3) is 0.400. The average molecular weight is 179 g/mol. The maximum Gasteiger partial charge on any atom is 0.340 e. The quantitative estimate of drug-likeness (QED) is 0.619. The van der Waals surface area contributed by atoms with Crippen molar-refractivity contribution in [2.75, 3.05) is 0 Å². The minimum atomic E-state index is -0.451. The molecule has 0 N–H and O–H groups in total. The summed E-state index contributed by atoms with van der Waals surface area (Å²) in [6.07, 6.45) is 3.11. The predicted molar refractivity (Wildman–Crippen MR) is 49.4 cm³/mol. The van der Waals surface area contributed by atoms with Crippen LogP contribution in [0.5, 0.6) is 0 Å². The Morgan fingerprint density at radius 2 is 2.15 bits per heavy atom. The summed E-state index contributed by atoms with van der Waals surface area (Å²) in [4.78, 5) is 15.2. The molecule has 0 aliphatic heterocycles. The van der Waals surface area contributed by atoms with Crippen LogP contribution in [0.2, 0.25) is 0 Å². The first-order chi connectivity index (χ1) is 5.99. The largest absolute Gasteiger partial charge is 0.456 e. The smallest absolute Gasteiger partial charge is 0.340 e. The number of nitrogens with zero attached hydrogens (tertiary/aromatic N) is 1. The summed E-state index contributed by atoms with van der Waals surface area (Å²) in [6, 6.07) is 3.39. The van der Waals surface area contributed by atoms with Crippen molar-refractivity contribution < 1.29 is 9.53 Å². The third kappa shape index (κ3) is 3.23. The summed E-state index contributed by atoms with van der Waals surface area (Å²) >= 11 is 0. The summed E-state index contributed by atoms with van der Waals surface area (Å²) < 4.78 is 5.14. The number of carbonyl (C=O) groups is 1. The number of ether oxygens (including phenoxy) is 1. The topological polar surface area (TPSA) is 39.2 Å². The summed E-state index contributed by atoms with van der Waals surface area (Å²) in [6.45, 7) is 5.50. The van der Waals surface area contributed by atoms with Crippen molar-refractivity contribution in [2.24, 2.45) is 0 Å². The van der Waals surface area contributed by atoms with Gasteiger partial charge in [-0.3, -0.25) is 4.98 Å². The number of esters is 1. The molecule has 0 aliphatic rings. The van der Waals surface area contributed by atoms with Crippen LogP contribution in [0.25, 0.3) is 0 Å². The minimum absolute atomic E-state index is 0.333. The normalized spacial score (nSPS) is 11.0. The van der Waals surface area contributed by atoms with E-state index in [2.05, 4.69) is 4.98 Å². The van der Waals surface area contributed by atoms with Gasteiger partial charge in [-0.1, -0.05) is 0 Å². The molecule has 0 amide bonds. The molecular formula is C10H13NO2. The molecule has 70 valence electrons. The number of hydrogen-bond donors (Lipinski definition) is 0. The lowest BCUT2D eigenvalue weighted by molar-refractivity contribution is 0.00691. The summed E-state index contributed by atoms with van der Waals surface area (Å²) in [5.41, 5.74) is 0.0323. The van der Waals surface area contributed by atoms with Gasteiger partial charge in [-0.15, -0.1) is 0 Å². The van der Waals surface area contributed by atoms with Crippen molar-refractivity contribution in [2.45, 2.75) is 26.4 Å². The van der Waals surface area contributed by atoms with Gasteiger partial charge in [-0.25, -0.2) is 4.79 Å². The van der Waals surface area contributed by atoms with E-state index in [0.29, 0.717) is 5.56 Å². The van der Waals surface area contributed by atoms with Crippen molar-refractivity contribution in [3.8, 4) is 0 Å². The second kappa shape index (κ2) is 3.56. The molecule has 0 aliphatic carbocycles. The molecule has 0 bridgehead atoms. The van der Waals surface area contributed by atoms with E-state index in [1.54, 1.807) is 18.3 Å². The average Bonchev–Trinajstić information content (AvgIpc) is 2.03. The van der Waals surface area contributed by atoms with Crippen LogP contribution >= 0.6 is 0 Å². The third-order valence-corrected chi connectivity index (χ3v) is 1.30. The van der Waals surface area contributed by atoms with E-state index in [0.717, 1.165) is 0 Å². The molecular weight excluding hydrogens is 166 g/mol. The summed E-state index contributed by atoms with van der Waals surface area (Å²) in [5.74, 6) is -0.333. The highest BCUT2D eigenvalue weighted by atomic mass is 16.6. The van der Waals surface area contributed by atoms with Crippen LogP contribution in [0.3, 0.4) is 0 Å².